The lowest BCUT2D eigenvalue weighted by Crippen LogP contribution is -2.17. The van der Waals surface area contributed by atoms with E-state index in [-0.39, 0.29) is 4.90 Å². The smallest absolute Gasteiger partial charge is 0.261 e. The molecule has 0 saturated heterocycles. The first-order valence-corrected chi connectivity index (χ1v) is 8.71. The molecule has 0 heterocycles. The van der Waals surface area contributed by atoms with Gasteiger partial charge in [0.2, 0.25) is 0 Å². The molecule has 0 radical (unpaired) electrons. The molecule has 5 nitrogen and oxygen atoms in total. The van der Waals surface area contributed by atoms with Crippen LogP contribution in [0.1, 0.15) is 11.1 Å². The first-order valence-electron chi connectivity index (χ1n) is 7.23. The van der Waals surface area contributed by atoms with Gasteiger partial charge in [0.05, 0.1) is 17.7 Å². The normalized spacial score (nSPS) is 11.5. The van der Waals surface area contributed by atoms with Crippen molar-refractivity contribution >= 4 is 15.7 Å². The van der Waals surface area contributed by atoms with E-state index in [4.69, 9.17) is 4.74 Å². The molecule has 0 unspecified atom stereocenters. The summed E-state index contributed by atoms with van der Waals surface area (Å²) in [5.41, 5.74) is 2.63. The zero-order chi connectivity index (χ0) is 17.0. The summed E-state index contributed by atoms with van der Waals surface area (Å²) < 4.78 is 32.9. The Labute approximate surface area is 137 Å². The van der Waals surface area contributed by atoms with Crippen molar-refractivity contribution in [3.63, 3.8) is 0 Å². The average molecular weight is 334 g/mol. The van der Waals surface area contributed by atoms with Gasteiger partial charge in [-0.05, 0) is 56.9 Å². The molecule has 0 spiro atoms. The summed E-state index contributed by atoms with van der Waals surface area (Å²) in [7, 11) is 1.81. The van der Waals surface area contributed by atoms with E-state index in [0.29, 0.717) is 18.0 Å². The lowest BCUT2D eigenvalue weighted by Gasteiger charge is -2.16. The molecule has 1 N–H and O–H groups in total. The van der Waals surface area contributed by atoms with E-state index < -0.39 is 10.0 Å². The van der Waals surface area contributed by atoms with Crippen molar-refractivity contribution < 1.29 is 13.2 Å². The van der Waals surface area contributed by atoms with Crippen molar-refractivity contribution in [2.45, 2.75) is 18.4 Å². The number of hydrogen-bond donors (Lipinski definition) is 1. The monoisotopic (exact) mass is 334 g/mol. The zero-order valence-electron chi connectivity index (χ0n) is 13.8. The Kier molecular flexibility index (Phi) is 5.28. The van der Waals surface area contributed by atoms with Gasteiger partial charge in [-0.25, -0.2) is 8.42 Å². The Hall–Kier alpha value is -2.05. The van der Waals surface area contributed by atoms with E-state index >= 15 is 0 Å². The van der Waals surface area contributed by atoms with Crippen LogP contribution in [0.2, 0.25) is 0 Å². The van der Waals surface area contributed by atoms with Gasteiger partial charge in [0.1, 0.15) is 5.75 Å². The fraction of sp³-hybridized carbons (Fsp3) is 0.294. The molecule has 0 saturated carbocycles. The summed E-state index contributed by atoms with van der Waals surface area (Å²) in [4.78, 5) is 2.20. The van der Waals surface area contributed by atoms with Gasteiger partial charge in [0.15, 0.2) is 0 Å². The molecule has 0 bridgehead atoms. The van der Waals surface area contributed by atoms with Crippen LogP contribution in [-0.4, -0.2) is 34.5 Å². The van der Waals surface area contributed by atoms with Gasteiger partial charge in [-0.1, -0.05) is 17.7 Å². The van der Waals surface area contributed by atoms with Gasteiger partial charge < -0.3 is 9.64 Å². The van der Waals surface area contributed by atoms with E-state index in [1.807, 2.05) is 38.1 Å². The number of aryl methyl sites for hydroxylation is 1. The summed E-state index contributed by atoms with van der Waals surface area (Å²) in [6.07, 6.45) is 0. The maximum Gasteiger partial charge on any atom is 0.261 e. The topological polar surface area (TPSA) is 58.6 Å². The van der Waals surface area contributed by atoms with Gasteiger partial charge in [-0.2, -0.15) is 0 Å². The van der Waals surface area contributed by atoms with E-state index in [0.717, 1.165) is 11.1 Å². The molecule has 6 heteroatoms. The van der Waals surface area contributed by atoms with Crippen LogP contribution in [0, 0.1) is 6.92 Å². The Morgan fingerprint density at radius 3 is 2.30 bits per heavy atom. The Bertz CT molecular complexity index is 769. The maximum atomic E-state index is 12.6. The number of hydrogen-bond acceptors (Lipinski definition) is 4. The number of nitrogens with zero attached hydrogens (tertiary/aromatic N) is 1. The highest BCUT2D eigenvalue weighted by Crippen LogP contribution is 2.23. The first-order chi connectivity index (χ1) is 10.8. The molecule has 0 aliphatic rings. The number of nitrogens with one attached hydrogen (secondary N) is 1. The fourth-order valence-corrected chi connectivity index (χ4v) is 3.35. The van der Waals surface area contributed by atoms with Crippen LogP contribution in [0.5, 0.6) is 5.75 Å². The number of rotatable bonds is 6. The van der Waals surface area contributed by atoms with Crippen LogP contribution in [0.3, 0.4) is 0 Å². The van der Waals surface area contributed by atoms with Crippen molar-refractivity contribution in [1.82, 2.24) is 4.90 Å². The first kappa shape index (κ1) is 17.3. The van der Waals surface area contributed by atoms with Gasteiger partial charge >= 0.3 is 0 Å². The van der Waals surface area contributed by atoms with Crippen molar-refractivity contribution in [1.29, 1.82) is 0 Å². The predicted molar refractivity (Wildman–Crippen MR) is 92.4 cm³/mol. The average Bonchev–Trinajstić information content (AvgIpc) is 2.49. The minimum atomic E-state index is -3.63. The quantitative estimate of drug-likeness (QED) is 0.882. The molecule has 23 heavy (non-hydrogen) atoms. The van der Waals surface area contributed by atoms with Crippen molar-refractivity contribution in [2.24, 2.45) is 0 Å². The van der Waals surface area contributed by atoms with E-state index in [2.05, 4.69) is 4.72 Å². The van der Waals surface area contributed by atoms with Crippen LogP contribution in [0.4, 0.5) is 5.69 Å². The van der Waals surface area contributed by atoms with E-state index in [1.165, 1.54) is 12.1 Å². The summed E-state index contributed by atoms with van der Waals surface area (Å²) in [5.74, 6) is 0.618. The number of sulfonamides is 1. The predicted octanol–water partition coefficient (Wildman–Crippen LogP) is 2.87. The minimum absolute atomic E-state index is 0.203. The minimum Gasteiger partial charge on any atom is -0.497 e. The SMILES string of the molecule is COc1ccc(S(=O)(=O)Nc2ccc(C)cc2CN(C)C)cc1. The number of methoxy groups -OCH3 is 1. The third kappa shape index (κ3) is 4.46. The van der Waals surface area contributed by atoms with Crippen molar-refractivity contribution in [2.75, 3.05) is 25.9 Å². The third-order valence-electron chi connectivity index (χ3n) is 3.36. The van der Waals surface area contributed by atoms with Crippen LogP contribution in [0.25, 0.3) is 0 Å². The Morgan fingerprint density at radius 1 is 1.09 bits per heavy atom. The highest BCUT2D eigenvalue weighted by molar-refractivity contribution is 7.92. The van der Waals surface area contributed by atoms with Crippen molar-refractivity contribution in [3.8, 4) is 5.75 Å². The number of anilines is 1. The lowest BCUT2D eigenvalue weighted by atomic mass is 10.1. The van der Waals surface area contributed by atoms with Gasteiger partial charge in [0, 0.05) is 6.54 Å². The van der Waals surface area contributed by atoms with E-state index in [1.54, 1.807) is 25.3 Å². The second-order valence-corrected chi connectivity index (χ2v) is 7.36. The molecule has 2 aromatic carbocycles. The lowest BCUT2D eigenvalue weighted by molar-refractivity contribution is 0.403. The number of benzene rings is 2. The zero-order valence-corrected chi connectivity index (χ0v) is 14.6. The Balaban J connectivity index is 2.32. The molecule has 124 valence electrons. The molecular weight excluding hydrogens is 312 g/mol. The van der Waals surface area contributed by atoms with Crippen molar-refractivity contribution in [3.05, 3.63) is 53.6 Å². The van der Waals surface area contributed by atoms with Gasteiger partial charge in [-0.3, -0.25) is 4.72 Å². The van der Waals surface area contributed by atoms with Crippen LogP contribution in [0.15, 0.2) is 47.4 Å². The summed E-state index contributed by atoms with van der Waals surface area (Å²) >= 11 is 0. The third-order valence-corrected chi connectivity index (χ3v) is 4.74. The molecule has 2 aromatic rings. The molecule has 0 fully saturated rings. The van der Waals surface area contributed by atoms with E-state index in [9.17, 15) is 8.42 Å². The second kappa shape index (κ2) is 7.02. The van der Waals surface area contributed by atoms with Gasteiger partial charge in [-0.15, -0.1) is 0 Å². The Morgan fingerprint density at radius 2 is 1.74 bits per heavy atom. The highest BCUT2D eigenvalue weighted by Gasteiger charge is 2.16. The van der Waals surface area contributed by atoms with Crippen LogP contribution < -0.4 is 9.46 Å². The molecule has 0 aromatic heterocycles. The van der Waals surface area contributed by atoms with Crippen LogP contribution in [-0.2, 0) is 16.6 Å². The van der Waals surface area contributed by atoms with Gasteiger partial charge in [0.25, 0.3) is 10.0 Å². The molecule has 2 rings (SSSR count). The van der Waals surface area contributed by atoms with Crippen LogP contribution >= 0.6 is 0 Å². The standard InChI is InChI=1S/C17H22N2O3S/c1-13-5-10-17(14(11-13)12-19(2)3)18-23(20,21)16-8-6-15(22-4)7-9-16/h5-11,18H,12H2,1-4H3. The molecule has 0 atom stereocenters. The maximum absolute atomic E-state index is 12.6. The summed E-state index contributed by atoms with van der Waals surface area (Å²) in [6.45, 7) is 2.64. The highest BCUT2D eigenvalue weighted by atomic mass is 32.2. The molecule has 0 amide bonds. The molecule has 0 aliphatic carbocycles. The summed E-state index contributed by atoms with van der Waals surface area (Å²) in [6, 6.07) is 12.0. The number of ether oxygens (including phenoxy) is 1. The second-order valence-electron chi connectivity index (χ2n) is 5.68. The largest absolute Gasteiger partial charge is 0.497 e. The molecule has 0 aliphatic heterocycles. The summed E-state index contributed by atoms with van der Waals surface area (Å²) in [5, 5.41) is 0. The fourth-order valence-electron chi connectivity index (χ4n) is 2.25. The molecular formula is C17H22N2O3S.